The van der Waals surface area contributed by atoms with E-state index in [1.165, 1.54) is 0 Å². The van der Waals surface area contributed by atoms with Crippen LogP contribution in [0.3, 0.4) is 0 Å². The van der Waals surface area contributed by atoms with E-state index >= 15 is 0 Å². The van der Waals surface area contributed by atoms with E-state index in [0.29, 0.717) is 0 Å². The molecule has 0 aromatic rings. The van der Waals surface area contributed by atoms with Crippen molar-refractivity contribution >= 4 is 64.5 Å². The van der Waals surface area contributed by atoms with E-state index in [9.17, 15) is 18.9 Å². The summed E-state index contributed by atoms with van der Waals surface area (Å²) in [6, 6.07) is 0. The number of rotatable bonds is 8. The van der Waals surface area contributed by atoms with Crippen molar-refractivity contribution in [2.45, 2.75) is 27.7 Å². The molecule has 19 heavy (non-hydrogen) atoms. The quantitative estimate of drug-likeness (QED) is 0.397. The van der Waals surface area contributed by atoms with Crippen molar-refractivity contribution in [2.75, 3.05) is 26.4 Å². The molecule has 0 N–H and O–H groups in total. The predicted molar refractivity (Wildman–Crippen MR) is 67.5 cm³/mol. The van der Waals surface area contributed by atoms with Crippen molar-refractivity contribution in [3.63, 3.8) is 0 Å². The number of hydrogen-bond acceptors (Lipinski definition) is 8. The SMILES string of the molecule is CCOP(=O)([O-])OCC.CCOP(=O)([O-])OCC.[Ba+2]. The predicted octanol–water partition coefficient (Wildman–Crippen LogP) is 0.675. The van der Waals surface area contributed by atoms with Gasteiger partial charge in [-0.15, -0.1) is 0 Å². The average molecular weight is 444 g/mol. The van der Waals surface area contributed by atoms with Gasteiger partial charge in [-0.2, -0.15) is 0 Å². The molecular weight excluding hydrogens is 423 g/mol. The molecule has 0 amide bonds. The summed E-state index contributed by atoms with van der Waals surface area (Å²) in [6.07, 6.45) is 0. The summed E-state index contributed by atoms with van der Waals surface area (Å²) in [6.45, 7) is 6.85. The second-order valence-electron chi connectivity index (χ2n) is 2.57. The summed E-state index contributed by atoms with van der Waals surface area (Å²) in [5.74, 6) is 0. The molecule has 0 spiro atoms. The zero-order valence-corrected chi connectivity index (χ0v) is 17.9. The molecule has 0 radical (unpaired) electrons. The molecule has 0 saturated carbocycles. The number of hydrogen-bond donors (Lipinski definition) is 0. The first-order valence-electron chi connectivity index (χ1n) is 5.44. The van der Waals surface area contributed by atoms with Gasteiger partial charge in [0, 0.05) is 0 Å². The molecule has 0 heterocycles. The van der Waals surface area contributed by atoms with E-state index in [2.05, 4.69) is 18.1 Å². The zero-order valence-electron chi connectivity index (χ0n) is 11.7. The Labute approximate surface area is 154 Å². The summed E-state index contributed by atoms with van der Waals surface area (Å²) >= 11 is 0. The third-order valence-corrected chi connectivity index (χ3v) is 3.45. The van der Waals surface area contributed by atoms with Gasteiger partial charge in [-0.25, -0.2) is 0 Å². The van der Waals surface area contributed by atoms with Gasteiger partial charge in [0.2, 0.25) is 0 Å². The Bertz CT molecular complexity index is 240. The summed E-state index contributed by atoms with van der Waals surface area (Å²) in [4.78, 5) is 20.8. The van der Waals surface area contributed by atoms with Crippen molar-refractivity contribution in [2.24, 2.45) is 0 Å². The van der Waals surface area contributed by atoms with Crippen LogP contribution in [0.4, 0.5) is 0 Å². The van der Waals surface area contributed by atoms with Crippen LogP contribution in [0, 0.1) is 0 Å². The van der Waals surface area contributed by atoms with Crippen LogP contribution in [0.15, 0.2) is 0 Å². The smallest absolute Gasteiger partial charge is 0.756 e. The third-order valence-electron chi connectivity index (χ3n) is 1.15. The first-order valence-corrected chi connectivity index (χ1v) is 8.36. The first kappa shape index (κ1) is 25.7. The fourth-order valence-corrected chi connectivity index (χ4v) is 2.12. The minimum Gasteiger partial charge on any atom is -0.756 e. The van der Waals surface area contributed by atoms with Crippen LogP contribution < -0.4 is 9.79 Å². The maximum Gasteiger partial charge on any atom is 2.00 e. The van der Waals surface area contributed by atoms with Gasteiger partial charge in [-0.3, -0.25) is 9.13 Å². The standard InChI is InChI=1S/2C4H11O4P.Ba/c2*1-3-7-9(5,6)8-4-2;/h2*3-4H2,1-2H3,(H,5,6);/q;;+2/p-2. The van der Waals surface area contributed by atoms with Gasteiger partial charge in [0.25, 0.3) is 15.6 Å². The molecule has 0 aromatic carbocycles. The molecule has 0 aliphatic carbocycles. The Morgan fingerprint density at radius 1 is 0.684 bits per heavy atom. The van der Waals surface area contributed by atoms with Crippen molar-refractivity contribution in [1.82, 2.24) is 0 Å². The van der Waals surface area contributed by atoms with Gasteiger partial charge >= 0.3 is 48.9 Å². The van der Waals surface area contributed by atoms with Crippen molar-refractivity contribution in [1.29, 1.82) is 0 Å². The van der Waals surface area contributed by atoms with E-state index in [1.54, 1.807) is 27.7 Å². The van der Waals surface area contributed by atoms with Crippen LogP contribution in [0.2, 0.25) is 0 Å². The molecular formula is C8H20BaO8P2. The van der Waals surface area contributed by atoms with Crippen LogP contribution in [0.1, 0.15) is 27.7 Å². The molecule has 0 fully saturated rings. The van der Waals surface area contributed by atoms with Gasteiger partial charge in [0.15, 0.2) is 0 Å². The van der Waals surface area contributed by atoms with Gasteiger partial charge in [-0.05, 0) is 27.7 Å². The molecule has 0 saturated heterocycles. The van der Waals surface area contributed by atoms with E-state index in [1.807, 2.05) is 0 Å². The van der Waals surface area contributed by atoms with Gasteiger partial charge in [0.1, 0.15) is 0 Å². The fourth-order valence-electron chi connectivity index (χ4n) is 0.707. The summed E-state index contributed by atoms with van der Waals surface area (Å²) in [5, 5.41) is 0. The Kier molecular flexibility index (Phi) is 19.9. The molecule has 0 aliphatic heterocycles. The summed E-state index contributed by atoms with van der Waals surface area (Å²) in [7, 11) is -7.89. The largest absolute Gasteiger partial charge is 2.00 e. The van der Waals surface area contributed by atoms with Crippen LogP contribution in [0.25, 0.3) is 0 Å². The second kappa shape index (κ2) is 14.7. The molecule has 0 unspecified atom stereocenters. The van der Waals surface area contributed by atoms with Crippen LogP contribution >= 0.6 is 15.6 Å². The minimum absolute atomic E-state index is 0. The van der Waals surface area contributed by atoms with E-state index in [0.717, 1.165) is 0 Å². The Balaban J connectivity index is -0.000000256. The van der Waals surface area contributed by atoms with Crippen LogP contribution in [-0.2, 0) is 27.2 Å². The van der Waals surface area contributed by atoms with Crippen molar-refractivity contribution in [3.8, 4) is 0 Å². The molecule has 0 bridgehead atoms. The topological polar surface area (TPSA) is 117 Å². The Hall–Kier alpha value is 1.79. The van der Waals surface area contributed by atoms with Crippen LogP contribution in [-0.4, -0.2) is 75.3 Å². The first-order chi connectivity index (χ1) is 8.24. The molecule has 8 nitrogen and oxygen atoms in total. The Morgan fingerprint density at radius 3 is 0.947 bits per heavy atom. The van der Waals surface area contributed by atoms with Gasteiger partial charge in [0.05, 0.1) is 26.4 Å². The summed E-state index contributed by atoms with van der Waals surface area (Å²) in [5.41, 5.74) is 0. The summed E-state index contributed by atoms with van der Waals surface area (Å²) < 4.78 is 37.8. The van der Waals surface area contributed by atoms with E-state index in [4.69, 9.17) is 0 Å². The average Bonchev–Trinajstić information content (AvgIpc) is 2.17. The van der Waals surface area contributed by atoms with E-state index in [-0.39, 0.29) is 75.3 Å². The second-order valence-corrected chi connectivity index (χ2v) is 5.39. The van der Waals surface area contributed by atoms with Crippen molar-refractivity contribution < 1.29 is 37.0 Å². The number of phosphoric ester groups is 2. The van der Waals surface area contributed by atoms with E-state index < -0.39 is 15.6 Å². The van der Waals surface area contributed by atoms with Crippen LogP contribution in [0.5, 0.6) is 0 Å². The Morgan fingerprint density at radius 2 is 0.842 bits per heavy atom. The monoisotopic (exact) mass is 444 g/mol. The third kappa shape index (κ3) is 19.8. The molecule has 11 heteroatoms. The zero-order chi connectivity index (χ0) is 14.7. The molecule has 112 valence electrons. The molecule has 0 aliphatic rings. The minimum atomic E-state index is -3.94. The van der Waals surface area contributed by atoms with Gasteiger partial charge in [-0.1, -0.05) is 0 Å². The van der Waals surface area contributed by atoms with Gasteiger partial charge < -0.3 is 27.9 Å². The molecule has 0 atom stereocenters. The fraction of sp³-hybridized carbons (Fsp3) is 1.00. The normalized spacial score (nSPS) is 11.3. The number of phosphoric acid groups is 2. The molecule has 0 rings (SSSR count). The maximum atomic E-state index is 10.4. The van der Waals surface area contributed by atoms with Crippen molar-refractivity contribution in [3.05, 3.63) is 0 Å². The maximum absolute atomic E-state index is 10.4. The molecule has 0 aromatic heterocycles.